The number of pyridine rings is 1. The number of hydrogen-bond donors (Lipinski definition) is 2. The monoisotopic (exact) mass is 206 g/mol. The lowest BCUT2D eigenvalue weighted by Crippen LogP contribution is -2.20. The van der Waals surface area contributed by atoms with Crippen LogP contribution in [-0.4, -0.2) is 23.0 Å². The second kappa shape index (κ2) is 4.59. The van der Waals surface area contributed by atoms with Gasteiger partial charge in [0, 0.05) is 13.1 Å². The smallest absolute Gasteiger partial charge is 0.140 e. The lowest BCUT2D eigenvalue weighted by molar-refractivity contribution is 0.316. The van der Waals surface area contributed by atoms with Gasteiger partial charge >= 0.3 is 0 Å². The first-order chi connectivity index (χ1) is 7.28. The van der Waals surface area contributed by atoms with Gasteiger partial charge in [0.05, 0.1) is 5.69 Å². The average Bonchev–Trinajstić information content (AvgIpc) is 2.64. The molecule has 3 N–H and O–H groups in total. The number of anilines is 1. The molecule has 0 saturated carbocycles. The van der Waals surface area contributed by atoms with Crippen LogP contribution in [0.25, 0.3) is 0 Å². The number of aromatic nitrogens is 1. The third-order valence-corrected chi connectivity index (χ3v) is 2.85. The van der Waals surface area contributed by atoms with E-state index in [1.165, 1.54) is 19.5 Å². The minimum absolute atomic E-state index is 0.736. The van der Waals surface area contributed by atoms with Crippen LogP contribution >= 0.6 is 0 Å². The van der Waals surface area contributed by atoms with E-state index in [0.29, 0.717) is 0 Å². The summed E-state index contributed by atoms with van der Waals surface area (Å²) >= 11 is 0. The molecule has 1 aliphatic rings. The highest BCUT2D eigenvalue weighted by Crippen LogP contribution is 2.17. The van der Waals surface area contributed by atoms with Crippen molar-refractivity contribution in [2.75, 3.05) is 18.5 Å². The van der Waals surface area contributed by atoms with Gasteiger partial charge in [-0.1, -0.05) is 13.0 Å². The van der Waals surface area contributed by atoms with Gasteiger partial charge in [0.1, 0.15) is 5.82 Å². The molecule has 15 heavy (non-hydrogen) atoms. The van der Waals surface area contributed by atoms with E-state index in [2.05, 4.69) is 22.2 Å². The van der Waals surface area contributed by atoms with E-state index in [9.17, 15) is 0 Å². The van der Waals surface area contributed by atoms with Gasteiger partial charge in [-0.3, -0.25) is 4.90 Å². The summed E-state index contributed by atoms with van der Waals surface area (Å²) in [5.41, 5.74) is 3.65. The molecule has 1 atom stereocenters. The van der Waals surface area contributed by atoms with Gasteiger partial charge in [-0.2, -0.15) is 0 Å². The highest BCUT2D eigenvalue weighted by Gasteiger charge is 2.18. The molecule has 1 aromatic heterocycles. The van der Waals surface area contributed by atoms with Crippen molar-refractivity contribution in [1.29, 1.82) is 0 Å². The predicted octanol–water partition coefficient (Wildman–Crippen LogP) is 1.21. The molecular formula is C11H18N4. The van der Waals surface area contributed by atoms with E-state index in [-0.39, 0.29) is 0 Å². The van der Waals surface area contributed by atoms with Gasteiger partial charge in [0.25, 0.3) is 0 Å². The van der Waals surface area contributed by atoms with E-state index in [4.69, 9.17) is 5.84 Å². The summed E-state index contributed by atoms with van der Waals surface area (Å²) in [7, 11) is 0. The first-order valence-corrected chi connectivity index (χ1v) is 5.43. The maximum absolute atomic E-state index is 5.32. The Morgan fingerprint density at radius 1 is 1.60 bits per heavy atom. The van der Waals surface area contributed by atoms with Crippen LogP contribution < -0.4 is 11.3 Å². The zero-order chi connectivity index (χ0) is 10.7. The number of hydrogen-bond acceptors (Lipinski definition) is 4. The first-order valence-electron chi connectivity index (χ1n) is 5.43. The fraction of sp³-hybridized carbons (Fsp3) is 0.545. The Labute approximate surface area is 90.5 Å². The molecule has 1 unspecified atom stereocenters. The lowest BCUT2D eigenvalue weighted by atomic mass is 10.2. The number of hydrazine groups is 1. The first kappa shape index (κ1) is 10.4. The third kappa shape index (κ3) is 2.67. The number of nitrogens with one attached hydrogen (secondary N) is 1. The number of rotatable bonds is 3. The third-order valence-electron chi connectivity index (χ3n) is 2.85. The van der Waals surface area contributed by atoms with Crippen molar-refractivity contribution in [2.45, 2.75) is 19.9 Å². The molecular weight excluding hydrogens is 188 g/mol. The quantitative estimate of drug-likeness (QED) is 0.576. The van der Waals surface area contributed by atoms with Crippen LogP contribution in [0.3, 0.4) is 0 Å². The summed E-state index contributed by atoms with van der Waals surface area (Å²) in [6.45, 7) is 5.59. The van der Waals surface area contributed by atoms with Crippen molar-refractivity contribution in [3.63, 3.8) is 0 Å². The SMILES string of the molecule is CC1CCN(Cc2cccc(NN)n2)C1. The lowest BCUT2D eigenvalue weighted by Gasteiger charge is -2.14. The molecule has 4 heteroatoms. The topological polar surface area (TPSA) is 54.2 Å². The van der Waals surface area contributed by atoms with Gasteiger partial charge in [-0.05, 0) is 31.0 Å². The summed E-state index contributed by atoms with van der Waals surface area (Å²) < 4.78 is 0. The van der Waals surface area contributed by atoms with E-state index < -0.39 is 0 Å². The summed E-state index contributed by atoms with van der Waals surface area (Å²) in [6, 6.07) is 5.90. The second-order valence-electron chi connectivity index (χ2n) is 4.29. The number of nitrogens with two attached hydrogens (primary N) is 1. The van der Waals surface area contributed by atoms with Crippen LogP contribution in [0.4, 0.5) is 5.82 Å². The molecule has 0 bridgehead atoms. The second-order valence-corrected chi connectivity index (χ2v) is 4.29. The van der Waals surface area contributed by atoms with Crippen molar-refractivity contribution in [1.82, 2.24) is 9.88 Å². The predicted molar refractivity (Wildman–Crippen MR) is 61.1 cm³/mol. The highest BCUT2D eigenvalue weighted by molar-refractivity contribution is 5.33. The maximum Gasteiger partial charge on any atom is 0.140 e. The Bertz CT molecular complexity index is 326. The van der Waals surface area contributed by atoms with Crippen LogP contribution in [0, 0.1) is 5.92 Å². The highest BCUT2D eigenvalue weighted by atomic mass is 15.3. The largest absolute Gasteiger partial charge is 0.308 e. The zero-order valence-corrected chi connectivity index (χ0v) is 9.11. The minimum atomic E-state index is 0.736. The van der Waals surface area contributed by atoms with Gasteiger partial charge in [-0.15, -0.1) is 0 Å². The van der Waals surface area contributed by atoms with Crippen LogP contribution in [-0.2, 0) is 6.54 Å². The maximum atomic E-state index is 5.32. The Hall–Kier alpha value is -1.13. The molecule has 1 aromatic rings. The number of nitrogen functional groups attached to an aromatic ring is 1. The van der Waals surface area contributed by atoms with Crippen LogP contribution in [0.5, 0.6) is 0 Å². The van der Waals surface area contributed by atoms with Crippen molar-refractivity contribution < 1.29 is 0 Å². The van der Waals surface area contributed by atoms with E-state index in [1.54, 1.807) is 0 Å². The van der Waals surface area contributed by atoms with Crippen molar-refractivity contribution >= 4 is 5.82 Å². The summed E-state index contributed by atoms with van der Waals surface area (Å²) in [4.78, 5) is 6.84. The molecule has 2 rings (SSSR count). The zero-order valence-electron chi connectivity index (χ0n) is 9.11. The normalized spacial score (nSPS) is 21.9. The molecule has 0 radical (unpaired) electrons. The molecule has 82 valence electrons. The van der Waals surface area contributed by atoms with E-state index >= 15 is 0 Å². The molecule has 4 nitrogen and oxygen atoms in total. The van der Waals surface area contributed by atoms with Crippen LogP contribution in [0.2, 0.25) is 0 Å². The Morgan fingerprint density at radius 2 is 2.47 bits per heavy atom. The summed E-state index contributed by atoms with van der Waals surface area (Å²) in [6.07, 6.45) is 1.30. The van der Waals surface area contributed by atoms with Gasteiger partial charge in [0.2, 0.25) is 0 Å². The molecule has 0 amide bonds. The fourth-order valence-electron chi connectivity index (χ4n) is 2.05. The summed E-state index contributed by atoms with van der Waals surface area (Å²) in [5.74, 6) is 6.88. The molecule has 0 aromatic carbocycles. The average molecular weight is 206 g/mol. The van der Waals surface area contributed by atoms with Crippen molar-refractivity contribution in [3.05, 3.63) is 23.9 Å². The fourth-order valence-corrected chi connectivity index (χ4v) is 2.05. The Morgan fingerprint density at radius 3 is 3.13 bits per heavy atom. The van der Waals surface area contributed by atoms with E-state index in [0.717, 1.165) is 24.0 Å². The van der Waals surface area contributed by atoms with Crippen molar-refractivity contribution in [3.8, 4) is 0 Å². The van der Waals surface area contributed by atoms with Crippen molar-refractivity contribution in [2.24, 2.45) is 11.8 Å². The summed E-state index contributed by atoms with van der Waals surface area (Å²) in [5, 5.41) is 0. The molecule has 0 aliphatic carbocycles. The van der Waals surface area contributed by atoms with Gasteiger partial charge in [-0.25, -0.2) is 10.8 Å². The minimum Gasteiger partial charge on any atom is -0.308 e. The van der Waals surface area contributed by atoms with Crippen LogP contribution in [0.15, 0.2) is 18.2 Å². The Kier molecular flexibility index (Phi) is 3.18. The molecule has 1 saturated heterocycles. The van der Waals surface area contributed by atoms with Gasteiger partial charge < -0.3 is 5.43 Å². The number of nitrogens with zero attached hydrogens (tertiary/aromatic N) is 2. The molecule has 1 aliphatic heterocycles. The number of likely N-dealkylation sites (tertiary alicyclic amines) is 1. The molecule has 0 spiro atoms. The van der Waals surface area contributed by atoms with E-state index in [1.807, 2.05) is 18.2 Å². The van der Waals surface area contributed by atoms with Gasteiger partial charge in [0.15, 0.2) is 0 Å². The van der Waals surface area contributed by atoms with Crippen LogP contribution in [0.1, 0.15) is 19.0 Å². The standard InChI is InChI=1S/C11H18N4/c1-9-5-6-15(7-9)8-10-3-2-4-11(13-10)14-12/h2-4,9H,5-8,12H2,1H3,(H,13,14). The Balaban J connectivity index is 1.98. The molecule has 1 fully saturated rings. The molecule has 2 heterocycles.